The Morgan fingerprint density at radius 1 is 0.951 bits per heavy atom. The maximum atomic E-state index is 13.6. The van der Waals surface area contributed by atoms with Gasteiger partial charge in [-0.05, 0) is 61.8 Å². The Morgan fingerprint density at radius 3 is 2.63 bits per heavy atom. The lowest BCUT2D eigenvalue weighted by Crippen LogP contribution is -2.25. The zero-order chi connectivity index (χ0) is 27.8. The molecule has 0 radical (unpaired) electrons. The molecule has 4 aromatic heterocycles. The van der Waals surface area contributed by atoms with Crippen LogP contribution < -0.4 is 16.0 Å². The molecule has 0 aliphatic carbocycles. The highest BCUT2D eigenvalue weighted by Crippen LogP contribution is 2.40. The molecule has 0 saturated carbocycles. The van der Waals surface area contributed by atoms with Crippen LogP contribution >= 0.6 is 0 Å². The summed E-state index contributed by atoms with van der Waals surface area (Å²) in [6.07, 6.45) is 7.55. The van der Waals surface area contributed by atoms with Crippen molar-refractivity contribution < 1.29 is 4.74 Å². The number of pyridine rings is 2. The number of nitrogens with one attached hydrogen (secondary N) is 2. The lowest BCUT2D eigenvalue weighted by molar-refractivity contribution is 0.232. The molecular formula is C31H28N8O2. The fraction of sp³-hybridized carbons (Fsp3) is 0.194. The molecule has 0 unspecified atom stereocenters. The van der Waals surface area contributed by atoms with Gasteiger partial charge < -0.3 is 15.5 Å². The first-order valence-electron chi connectivity index (χ1n) is 13.7. The summed E-state index contributed by atoms with van der Waals surface area (Å²) >= 11 is 0. The minimum absolute atomic E-state index is 0.304. The van der Waals surface area contributed by atoms with E-state index in [1.807, 2.05) is 42.5 Å². The zero-order valence-electron chi connectivity index (χ0n) is 22.3. The van der Waals surface area contributed by atoms with E-state index in [9.17, 15) is 4.79 Å². The van der Waals surface area contributed by atoms with Crippen molar-refractivity contribution in [3.8, 4) is 39.7 Å². The van der Waals surface area contributed by atoms with Crippen LogP contribution in [0.15, 0.2) is 78.0 Å². The largest absolute Gasteiger partial charge is 0.476 e. The third-order valence-corrected chi connectivity index (χ3v) is 7.61. The van der Waals surface area contributed by atoms with Crippen LogP contribution in [0.3, 0.4) is 0 Å². The van der Waals surface area contributed by atoms with Crippen LogP contribution in [-0.4, -0.2) is 61.3 Å². The summed E-state index contributed by atoms with van der Waals surface area (Å²) in [6, 6.07) is 17.1. The Labute approximate surface area is 235 Å². The van der Waals surface area contributed by atoms with E-state index in [1.54, 1.807) is 30.7 Å². The highest BCUT2D eigenvalue weighted by molar-refractivity contribution is 6.09. The van der Waals surface area contributed by atoms with Gasteiger partial charge in [-0.25, -0.2) is 9.97 Å². The number of rotatable bonds is 7. The Bertz CT molecular complexity index is 1930. The second-order valence-electron chi connectivity index (χ2n) is 10.2. The van der Waals surface area contributed by atoms with E-state index in [-0.39, 0.29) is 5.56 Å². The summed E-state index contributed by atoms with van der Waals surface area (Å²) < 4.78 is 6.06. The van der Waals surface area contributed by atoms with Gasteiger partial charge in [0.1, 0.15) is 12.4 Å². The van der Waals surface area contributed by atoms with Crippen molar-refractivity contribution in [3.63, 3.8) is 0 Å². The van der Waals surface area contributed by atoms with Gasteiger partial charge in [-0.2, -0.15) is 5.10 Å². The first-order chi connectivity index (χ1) is 20.2. The molecule has 1 aliphatic rings. The van der Waals surface area contributed by atoms with Crippen LogP contribution in [0.2, 0.25) is 0 Å². The molecule has 5 heterocycles. The monoisotopic (exact) mass is 544 g/mol. The van der Waals surface area contributed by atoms with Crippen molar-refractivity contribution in [3.05, 3.63) is 83.5 Å². The van der Waals surface area contributed by atoms with Crippen molar-refractivity contribution in [2.24, 2.45) is 0 Å². The molecule has 204 valence electrons. The lowest BCUT2D eigenvalue weighted by atomic mass is 9.94. The quantitative estimate of drug-likeness (QED) is 0.247. The summed E-state index contributed by atoms with van der Waals surface area (Å²) in [5.41, 5.74) is 11.7. The molecule has 1 aliphatic heterocycles. The number of nitrogen functional groups attached to an aromatic ring is 1. The van der Waals surface area contributed by atoms with E-state index < -0.39 is 0 Å². The number of likely N-dealkylation sites (tertiary alicyclic amines) is 1. The van der Waals surface area contributed by atoms with Crippen LogP contribution in [0.4, 0.5) is 5.69 Å². The zero-order valence-corrected chi connectivity index (χ0v) is 22.3. The maximum Gasteiger partial charge on any atom is 0.261 e. The van der Waals surface area contributed by atoms with E-state index in [0.717, 1.165) is 41.7 Å². The molecule has 0 spiro atoms. The van der Waals surface area contributed by atoms with Gasteiger partial charge in [0, 0.05) is 47.1 Å². The van der Waals surface area contributed by atoms with E-state index in [1.165, 1.54) is 12.8 Å². The van der Waals surface area contributed by atoms with Gasteiger partial charge in [0.25, 0.3) is 5.56 Å². The van der Waals surface area contributed by atoms with Crippen molar-refractivity contribution in [2.45, 2.75) is 12.8 Å². The first-order valence-corrected chi connectivity index (χ1v) is 13.7. The van der Waals surface area contributed by atoms with Crippen LogP contribution in [0, 0.1) is 0 Å². The fourth-order valence-electron chi connectivity index (χ4n) is 5.54. The third kappa shape index (κ3) is 4.68. The summed E-state index contributed by atoms with van der Waals surface area (Å²) in [6.45, 7) is 3.64. The molecule has 1 fully saturated rings. The molecule has 6 aromatic rings. The molecule has 1 saturated heterocycles. The third-order valence-electron chi connectivity index (χ3n) is 7.61. The fourth-order valence-corrected chi connectivity index (χ4v) is 5.54. The molecule has 10 nitrogen and oxygen atoms in total. The molecule has 7 rings (SSSR count). The van der Waals surface area contributed by atoms with Gasteiger partial charge in [-0.1, -0.05) is 18.2 Å². The van der Waals surface area contributed by atoms with Gasteiger partial charge in [0.05, 0.1) is 34.0 Å². The van der Waals surface area contributed by atoms with Crippen LogP contribution in [0.25, 0.3) is 55.6 Å². The molecule has 0 amide bonds. The Morgan fingerprint density at radius 2 is 1.78 bits per heavy atom. The summed E-state index contributed by atoms with van der Waals surface area (Å²) in [7, 11) is 0. The number of H-pyrrole nitrogens is 2. The number of ether oxygens (including phenoxy) is 1. The summed E-state index contributed by atoms with van der Waals surface area (Å²) in [5.74, 6) is 0.942. The van der Waals surface area contributed by atoms with Crippen molar-refractivity contribution in [1.29, 1.82) is 0 Å². The highest BCUT2D eigenvalue weighted by atomic mass is 16.5. The number of anilines is 1. The number of hydrogen-bond acceptors (Lipinski definition) is 8. The molecule has 0 atom stereocenters. The number of fused-ring (bicyclic) bond motifs is 2. The van der Waals surface area contributed by atoms with Crippen LogP contribution in [-0.2, 0) is 0 Å². The Balaban J connectivity index is 1.40. The highest BCUT2D eigenvalue weighted by Gasteiger charge is 2.21. The van der Waals surface area contributed by atoms with Gasteiger partial charge in [0.15, 0.2) is 0 Å². The first kappa shape index (κ1) is 24.9. The molecular weight excluding hydrogens is 516 g/mol. The van der Waals surface area contributed by atoms with Crippen molar-refractivity contribution in [1.82, 2.24) is 35.0 Å². The molecule has 2 aromatic carbocycles. The Kier molecular flexibility index (Phi) is 6.36. The average molecular weight is 545 g/mol. The van der Waals surface area contributed by atoms with E-state index in [2.05, 4.69) is 25.1 Å². The minimum Gasteiger partial charge on any atom is -0.476 e. The maximum absolute atomic E-state index is 13.6. The Hall–Kier alpha value is -5.09. The molecule has 41 heavy (non-hydrogen) atoms. The normalized spacial score (nSPS) is 13.8. The van der Waals surface area contributed by atoms with E-state index in [0.29, 0.717) is 51.7 Å². The van der Waals surface area contributed by atoms with Gasteiger partial charge in [0.2, 0.25) is 5.88 Å². The topological polar surface area (TPSA) is 139 Å². The van der Waals surface area contributed by atoms with E-state index in [4.69, 9.17) is 20.4 Å². The number of nitrogens with zero attached hydrogens (tertiary/aromatic N) is 5. The van der Waals surface area contributed by atoms with Gasteiger partial charge in [-0.3, -0.25) is 19.8 Å². The lowest BCUT2D eigenvalue weighted by Gasteiger charge is -2.16. The summed E-state index contributed by atoms with van der Waals surface area (Å²) in [4.78, 5) is 32.8. The predicted molar refractivity (Wildman–Crippen MR) is 159 cm³/mol. The smallest absolute Gasteiger partial charge is 0.261 e. The average Bonchev–Trinajstić information content (AvgIpc) is 3.70. The second kappa shape index (κ2) is 10.5. The van der Waals surface area contributed by atoms with Crippen LogP contribution in [0.1, 0.15) is 12.8 Å². The van der Waals surface area contributed by atoms with Crippen molar-refractivity contribution in [2.75, 3.05) is 32.0 Å². The molecule has 0 bridgehead atoms. The molecule has 4 N–H and O–H groups in total. The number of aromatic nitrogens is 6. The van der Waals surface area contributed by atoms with Crippen LogP contribution in [0.5, 0.6) is 5.88 Å². The second-order valence-corrected chi connectivity index (χ2v) is 10.2. The standard InChI is InChI=1S/C31H28N8O2/c32-28-21(20-5-3-7-25-23(20)18-34-38-25)17-22(24-6-4-8-26(35-24)41-16-15-39-13-1-2-14-39)29-27(28)31(40)37-30(36-29)19-9-11-33-12-10-19/h3-12,17-18H,1-2,13-16,32H2,(H,34,38)(H,36,37,40). The SMILES string of the molecule is Nc1c(-c2cccc3[nH]ncc23)cc(-c2cccc(OCCN3CCCC3)n2)c2nc(-c3ccncc3)[nH]c(=O)c12. The number of aromatic amines is 2. The van der Waals surface area contributed by atoms with Gasteiger partial charge >= 0.3 is 0 Å². The number of hydrogen-bond donors (Lipinski definition) is 3. The van der Waals surface area contributed by atoms with Gasteiger partial charge in [-0.15, -0.1) is 0 Å². The number of nitrogens with two attached hydrogens (primary N) is 1. The molecule has 10 heteroatoms. The summed E-state index contributed by atoms with van der Waals surface area (Å²) in [5, 5.41) is 8.42. The predicted octanol–water partition coefficient (Wildman–Crippen LogP) is 4.65. The number of benzene rings is 2. The minimum atomic E-state index is -0.334. The van der Waals surface area contributed by atoms with E-state index >= 15 is 0 Å². The van der Waals surface area contributed by atoms with Crippen molar-refractivity contribution >= 4 is 27.5 Å².